The Bertz CT molecular complexity index is 1310. The number of ether oxygens (including phenoxy) is 2. The highest BCUT2D eigenvalue weighted by molar-refractivity contribution is 5.70. The van der Waals surface area contributed by atoms with Crippen molar-refractivity contribution in [1.82, 2.24) is 0 Å². The lowest BCUT2D eigenvalue weighted by molar-refractivity contribution is -0.161. The van der Waals surface area contributed by atoms with Gasteiger partial charge in [-0.25, -0.2) is 0 Å². The Morgan fingerprint density at radius 2 is 0.652 bits per heavy atom. The minimum atomic E-state index is -0.776. The number of allylic oxidation sites excluding steroid dienone is 18. The molecule has 0 amide bonds. The Balaban J connectivity index is 3.55. The summed E-state index contributed by atoms with van der Waals surface area (Å²) >= 11 is 0. The lowest BCUT2D eigenvalue weighted by atomic mass is 10.0. The molecule has 5 nitrogen and oxygen atoms in total. The average molecular weight is 915 g/mol. The molecule has 0 aliphatic rings. The molecule has 1 unspecified atom stereocenters. The van der Waals surface area contributed by atoms with Crippen molar-refractivity contribution < 1.29 is 24.2 Å². The van der Waals surface area contributed by atoms with Crippen molar-refractivity contribution in [2.24, 2.45) is 0 Å². The molecule has 5 heteroatoms. The topological polar surface area (TPSA) is 72.8 Å². The van der Waals surface area contributed by atoms with Crippen LogP contribution in [0.3, 0.4) is 0 Å². The van der Waals surface area contributed by atoms with Crippen molar-refractivity contribution in [1.29, 1.82) is 0 Å². The quantitative estimate of drug-likeness (QED) is 0.0374. The fourth-order valence-corrected chi connectivity index (χ4v) is 7.49. The Morgan fingerprint density at radius 3 is 0.985 bits per heavy atom. The Morgan fingerprint density at radius 1 is 0.364 bits per heavy atom. The molecule has 0 aromatic heterocycles. The van der Waals surface area contributed by atoms with Gasteiger partial charge in [-0.2, -0.15) is 0 Å². The molecule has 0 aromatic carbocycles. The summed E-state index contributed by atoms with van der Waals surface area (Å²) in [5.41, 5.74) is 0. The number of rotatable bonds is 49. The van der Waals surface area contributed by atoms with Crippen LogP contribution in [0.4, 0.5) is 0 Å². The maximum absolute atomic E-state index is 12.3. The zero-order chi connectivity index (χ0) is 47.7. The number of aliphatic hydroxyl groups is 1. The van der Waals surface area contributed by atoms with Crippen LogP contribution in [-0.2, 0) is 19.1 Å². The second kappa shape index (κ2) is 55.9. The molecule has 0 aliphatic heterocycles. The number of carbonyl (C=O) groups is 2. The van der Waals surface area contributed by atoms with E-state index in [-0.39, 0.29) is 25.2 Å². The first kappa shape index (κ1) is 62.6. The maximum Gasteiger partial charge on any atom is 0.306 e. The Hall–Kier alpha value is -3.44. The first-order valence-corrected chi connectivity index (χ1v) is 27.4. The van der Waals surface area contributed by atoms with Gasteiger partial charge in [-0.15, -0.1) is 0 Å². The van der Waals surface area contributed by atoms with E-state index in [1.165, 1.54) is 122 Å². The van der Waals surface area contributed by atoms with E-state index < -0.39 is 6.10 Å². The molecule has 1 atom stereocenters. The molecule has 0 aromatic rings. The van der Waals surface area contributed by atoms with E-state index in [0.717, 1.165) is 96.3 Å². The van der Waals surface area contributed by atoms with E-state index in [1.807, 2.05) is 0 Å². The van der Waals surface area contributed by atoms with Crippen LogP contribution in [0.5, 0.6) is 0 Å². The largest absolute Gasteiger partial charge is 0.462 e. The molecule has 376 valence electrons. The molecular formula is C61H102O5. The van der Waals surface area contributed by atoms with E-state index in [4.69, 9.17) is 9.47 Å². The molecule has 0 saturated heterocycles. The highest BCUT2D eigenvalue weighted by Crippen LogP contribution is 2.15. The number of esters is 2. The van der Waals surface area contributed by atoms with Crippen LogP contribution >= 0.6 is 0 Å². The van der Waals surface area contributed by atoms with Crippen LogP contribution in [0.1, 0.15) is 245 Å². The van der Waals surface area contributed by atoms with Crippen molar-refractivity contribution >= 4 is 11.9 Å². The predicted octanol–water partition coefficient (Wildman–Crippen LogP) is 18.5. The SMILES string of the molecule is CC/C=C\C/C=C\C/C=C\C/C=C\C/C=C\C/C=C\C/C=C\C/C=C\C/C=C\CCCCCCCCCCCCCC(=O)OC(CO)COC(=O)CCCCCCCCCCCCCCC. The summed E-state index contributed by atoms with van der Waals surface area (Å²) in [5.74, 6) is -0.593. The second-order valence-corrected chi connectivity index (χ2v) is 17.9. The second-order valence-electron chi connectivity index (χ2n) is 17.9. The highest BCUT2D eigenvalue weighted by atomic mass is 16.6. The average Bonchev–Trinajstić information content (AvgIpc) is 3.32. The molecule has 0 saturated carbocycles. The van der Waals surface area contributed by atoms with Gasteiger partial charge in [0.2, 0.25) is 0 Å². The molecule has 0 rings (SSSR count). The smallest absolute Gasteiger partial charge is 0.306 e. The maximum atomic E-state index is 12.3. The summed E-state index contributed by atoms with van der Waals surface area (Å²) in [4.78, 5) is 24.4. The summed E-state index contributed by atoms with van der Waals surface area (Å²) in [7, 11) is 0. The molecule has 0 fully saturated rings. The fourth-order valence-electron chi connectivity index (χ4n) is 7.49. The van der Waals surface area contributed by atoms with Gasteiger partial charge < -0.3 is 14.6 Å². The van der Waals surface area contributed by atoms with Crippen LogP contribution in [-0.4, -0.2) is 36.4 Å². The first-order valence-electron chi connectivity index (χ1n) is 27.4. The van der Waals surface area contributed by atoms with Gasteiger partial charge in [-0.3, -0.25) is 9.59 Å². The van der Waals surface area contributed by atoms with Gasteiger partial charge in [0.1, 0.15) is 6.61 Å². The molecule has 0 spiro atoms. The summed E-state index contributed by atoms with van der Waals surface area (Å²) in [6.07, 6.45) is 80.6. The lowest BCUT2D eigenvalue weighted by Crippen LogP contribution is -2.28. The van der Waals surface area contributed by atoms with Crippen LogP contribution in [0.2, 0.25) is 0 Å². The number of unbranched alkanes of at least 4 members (excludes halogenated alkanes) is 23. The zero-order valence-electron chi connectivity index (χ0n) is 42.9. The van der Waals surface area contributed by atoms with Gasteiger partial charge in [0, 0.05) is 12.8 Å². The summed E-state index contributed by atoms with van der Waals surface area (Å²) < 4.78 is 10.7. The van der Waals surface area contributed by atoms with Gasteiger partial charge in [0.05, 0.1) is 6.61 Å². The third-order valence-corrected chi connectivity index (χ3v) is 11.6. The number of carbonyl (C=O) groups excluding carboxylic acids is 2. The van der Waals surface area contributed by atoms with Gasteiger partial charge in [0.25, 0.3) is 0 Å². The van der Waals surface area contributed by atoms with E-state index in [2.05, 4.69) is 123 Å². The molecule has 0 heterocycles. The van der Waals surface area contributed by atoms with Gasteiger partial charge in [-0.05, 0) is 83.5 Å². The summed E-state index contributed by atoms with van der Waals surface area (Å²) in [5, 5.41) is 9.61. The van der Waals surface area contributed by atoms with Gasteiger partial charge in [-0.1, -0.05) is 258 Å². The van der Waals surface area contributed by atoms with Crippen molar-refractivity contribution in [3.05, 3.63) is 109 Å². The Kier molecular flexibility index (Phi) is 53.0. The molecule has 0 radical (unpaired) electrons. The van der Waals surface area contributed by atoms with E-state index in [9.17, 15) is 14.7 Å². The van der Waals surface area contributed by atoms with Crippen LogP contribution in [0.15, 0.2) is 109 Å². The molecule has 0 bridgehead atoms. The number of hydrogen-bond acceptors (Lipinski definition) is 5. The standard InChI is InChI=1S/C61H102O5/c1-3-5-7-9-11-13-15-17-18-19-20-21-22-23-24-25-26-27-28-29-30-31-32-33-34-35-36-37-38-39-40-41-42-44-46-48-50-52-54-56-61(64)66-59(57-62)58-65-60(63)55-53-51-49-47-45-43-16-14-12-10-8-6-4-2/h5,7,11,13,17-18,20-21,23-24,26-27,29-30,32-33,35-36,59,62H,3-4,6,8-10,12,14-16,19,22,25,28,31,34,37-58H2,1-2H3/b7-5-,13-11-,18-17-,21-20-,24-23-,27-26-,30-29-,33-32-,36-35-. The van der Waals surface area contributed by atoms with Crippen LogP contribution < -0.4 is 0 Å². The summed E-state index contributed by atoms with van der Waals surface area (Å²) in [6.45, 7) is 4.02. The van der Waals surface area contributed by atoms with Crippen LogP contribution in [0, 0.1) is 0 Å². The number of aliphatic hydroxyl groups excluding tert-OH is 1. The highest BCUT2D eigenvalue weighted by Gasteiger charge is 2.16. The first-order chi connectivity index (χ1) is 32.6. The zero-order valence-corrected chi connectivity index (χ0v) is 42.9. The number of hydrogen-bond donors (Lipinski definition) is 1. The van der Waals surface area contributed by atoms with Crippen molar-refractivity contribution in [2.45, 2.75) is 251 Å². The predicted molar refractivity (Wildman–Crippen MR) is 288 cm³/mol. The molecule has 66 heavy (non-hydrogen) atoms. The minimum Gasteiger partial charge on any atom is -0.462 e. The lowest BCUT2D eigenvalue weighted by Gasteiger charge is -2.15. The third-order valence-electron chi connectivity index (χ3n) is 11.6. The molecular weight excluding hydrogens is 813 g/mol. The van der Waals surface area contributed by atoms with Crippen molar-refractivity contribution in [3.63, 3.8) is 0 Å². The van der Waals surface area contributed by atoms with Gasteiger partial charge >= 0.3 is 11.9 Å². The van der Waals surface area contributed by atoms with Gasteiger partial charge in [0.15, 0.2) is 6.10 Å². The molecule has 0 aliphatic carbocycles. The summed E-state index contributed by atoms with van der Waals surface area (Å²) in [6, 6.07) is 0. The van der Waals surface area contributed by atoms with E-state index in [0.29, 0.717) is 12.8 Å². The van der Waals surface area contributed by atoms with E-state index >= 15 is 0 Å². The monoisotopic (exact) mass is 915 g/mol. The van der Waals surface area contributed by atoms with Crippen molar-refractivity contribution in [2.75, 3.05) is 13.2 Å². The normalized spacial score (nSPS) is 13.1. The minimum absolute atomic E-state index is 0.0683. The third kappa shape index (κ3) is 53.2. The van der Waals surface area contributed by atoms with Crippen molar-refractivity contribution in [3.8, 4) is 0 Å². The Labute approximate surface area is 408 Å². The van der Waals surface area contributed by atoms with E-state index in [1.54, 1.807) is 0 Å². The fraction of sp³-hybridized carbons (Fsp3) is 0.672. The molecule has 1 N–H and O–H groups in total. The van der Waals surface area contributed by atoms with Crippen LogP contribution in [0.25, 0.3) is 0 Å².